The molecule has 0 N–H and O–H groups in total. The molecular formula is C23H22N4O. The van der Waals surface area contributed by atoms with Gasteiger partial charge in [0.1, 0.15) is 17.9 Å². The van der Waals surface area contributed by atoms with Crippen LogP contribution in [-0.4, -0.2) is 34.7 Å². The first-order valence-corrected chi connectivity index (χ1v) is 9.66. The molecule has 1 saturated heterocycles. The second-order valence-corrected chi connectivity index (χ2v) is 7.04. The molecule has 0 unspecified atom stereocenters. The SMILES string of the molecule is COc1ccccc1-n1cc(-c2ccccc2)c2c(N3CCCC3)ncnc21. The Morgan fingerprint density at radius 2 is 1.64 bits per heavy atom. The summed E-state index contributed by atoms with van der Waals surface area (Å²) in [7, 11) is 1.70. The van der Waals surface area contributed by atoms with Gasteiger partial charge in [0.05, 0.1) is 18.2 Å². The van der Waals surface area contributed by atoms with Crippen molar-refractivity contribution >= 4 is 16.9 Å². The van der Waals surface area contributed by atoms with E-state index < -0.39 is 0 Å². The Balaban J connectivity index is 1.82. The minimum absolute atomic E-state index is 0.820. The highest BCUT2D eigenvalue weighted by Gasteiger charge is 2.23. The van der Waals surface area contributed by atoms with Crippen LogP contribution in [0, 0.1) is 0 Å². The van der Waals surface area contributed by atoms with Crippen molar-refractivity contribution in [3.8, 4) is 22.6 Å². The number of fused-ring (bicyclic) bond motifs is 1. The minimum atomic E-state index is 0.820. The Kier molecular flexibility index (Phi) is 4.20. The van der Waals surface area contributed by atoms with Crippen LogP contribution in [0.4, 0.5) is 5.82 Å². The first-order valence-electron chi connectivity index (χ1n) is 9.66. The summed E-state index contributed by atoms with van der Waals surface area (Å²) < 4.78 is 7.74. The molecule has 5 heteroatoms. The first-order chi connectivity index (χ1) is 13.9. The third-order valence-corrected chi connectivity index (χ3v) is 5.40. The summed E-state index contributed by atoms with van der Waals surface area (Å²) in [4.78, 5) is 11.8. The maximum atomic E-state index is 5.62. The van der Waals surface area contributed by atoms with E-state index in [1.807, 2.05) is 24.3 Å². The number of aromatic nitrogens is 3. The fraction of sp³-hybridized carbons (Fsp3) is 0.217. The zero-order chi connectivity index (χ0) is 18.9. The monoisotopic (exact) mass is 370 g/mol. The van der Waals surface area contributed by atoms with Gasteiger partial charge in [0.15, 0.2) is 5.65 Å². The van der Waals surface area contributed by atoms with Gasteiger partial charge in [-0.15, -0.1) is 0 Å². The quantitative estimate of drug-likeness (QED) is 0.522. The van der Waals surface area contributed by atoms with Crippen LogP contribution in [0.15, 0.2) is 67.1 Å². The van der Waals surface area contributed by atoms with Gasteiger partial charge in [-0.3, -0.25) is 4.57 Å². The zero-order valence-electron chi connectivity index (χ0n) is 15.9. The molecule has 5 rings (SSSR count). The summed E-state index contributed by atoms with van der Waals surface area (Å²) in [6, 6.07) is 18.5. The standard InChI is InChI=1S/C23H22N4O/c1-28-20-12-6-5-11-19(20)27-15-18(17-9-3-2-4-10-17)21-22(24-16-25-23(21)27)26-13-7-8-14-26/h2-6,9-12,15-16H,7-8,13-14H2,1H3. The highest BCUT2D eigenvalue weighted by Crippen LogP contribution is 2.38. The molecule has 3 heterocycles. The Morgan fingerprint density at radius 1 is 0.893 bits per heavy atom. The fourth-order valence-electron chi connectivity index (χ4n) is 4.06. The molecule has 0 atom stereocenters. The maximum absolute atomic E-state index is 5.62. The summed E-state index contributed by atoms with van der Waals surface area (Å²) in [5.74, 6) is 1.84. The number of anilines is 1. The number of ether oxygens (including phenoxy) is 1. The molecule has 1 fully saturated rings. The van der Waals surface area contributed by atoms with Crippen molar-refractivity contribution in [2.75, 3.05) is 25.1 Å². The highest BCUT2D eigenvalue weighted by molar-refractivity contribution is 6.02. The van der Waals surface area contributed by atoms with Crippen molar-refractivity contribution in [3.63, 3.8) is 0 Å². The van der Waals surface area contributed by atoms with Crippen LogP contribution in [0.5, 0.6) is 5.75 Å². The number of rotatable bonds is 4. The Bertz CT molecular complexity index is 1110. The van der Waals surface area contributed by atoms with E-state index in [4.69, 9.17) is 9.72 Å². The van der Waals surface area contributed by atoms with Crippen molar-refractivity contribution in [2.45, 2.75) is 12.8 Å². The van der Waals surface area contributed by atoms with Crippen molar-refractivity contribution in [1.29, 1.82) is 0 Å². The normalized spacial score (nSPS) is 14.0. The average molecular weight is 370 g/mol. The smallest absolute Gasteiger partial charge is 0.150 e. The lowest BCUT2D eigenvalue weighted by molar-refractivity contribution is 0.413. The summed E-state index contributed by atoms with van der Waals surface area (Å²) in [6.07, 6.45) is 6.25. The lowest BCUT2D eigenvalue weighted by Crippen LogP contribution is -2.19. The zero-order valence-corrected chi connectivity index (χ0v) is 15.9. The van der Waals surface area contributed by atoms with Crippen LogP contribution in [0.1, 0.15) is 12.8 Å². The highest BCUT2D eigenvalue weighted by atomic mass is 16.5. The van der Waals surface area contributed by atoms with Gasteiger partial charge in [-0.25, -0.2) is 9.97 Å². The second kappa shape index (κ2) is 7.00. The van der Waals surface area contributed by atoms with Gasteiger partial charge in [0, 0.05) is 24.8 Å². The molecule has 0 aliphatic carbocycles. The number of hydrogen-bond acceptors (Lipinski definition) is 4. The molecule has 0 spiro atoms. The van der Waals surface area contributed by atoms with Gasteiger partial charge in [0.2, 0.25) is 0 Å². The van der Waals surface area contributed by atoms with Crippen LogP contribution >= 0.6 is 0 Å². The second-order valence-electron chi connectivity index (χ2n) is 7.04. The van der Waals surface area contributed by atoms with Crippen molar-refractivity contribution in [1.82, 2.24) is 14.5 Å². The summed E-state index contributed by atoms with van der Waals surface area (Å²) in [6.45, 7) is 2.08. The molecule has 2 aromatic carbocycles. The lowest BCUT2D eigenvalue weighted by atomic mass is 10.1. The topological polar surface area (TPSA) is 43.2 Å². The molecule has 1 aliphatic heterocycles. The third kappa shape index (κ3) is 2.71. The fourth-order valence-corrected chi connectivity index (χ4v) is 4.06. The molecule has 0 amide bonds. The molecule has 0 bridgehead atoms. The average Bonchev–Trinajstić information content (AvgIpc) is 3.42. The Labute approximate surface area is 164 Å². The van der Waals surface area contributed by atoms with Crippen LogP contribution in [0.3, 0.4) is 0 Å². The molecule has 4 aromatic rings. The van der Waals surface area contributed by atoms with E-state index in [-0.39, 0.29) is 0 Å². The number of benzene rings is 2. The van der Waals surface area contributed by atoms with Gasteiger partial charge >= 0.3 is 0 Å². The van der Waals surface area contributed by atoms with E-state index in [0.717, 1.165) is 52.5 Å². The number of nitrogens with zero attached hydrogens (tertiary/aromatic N) is 4. The van der Waals surface area contributed by atoms with E-state index in [0.29, 0.717) is 0 Å². The molecule has 5 nitrogen and oxygen atoms in total. The molecule has 0 saturated carbocycles. The minimum Gasteiger partial charge on any atom is -0.495 e. The number of methoxy groups -OCH3 is 1. The van der Waals surface area contributed by atoms with Crippen LogP contribution < -0.4 is 9.64 Å². The largest absolute Gasteiger partial charge is 0.495 e. The maximum Gasteiger partial charge on any atom is 0.150 e. The van der Waals surface area contributed by atoms with Crippen molar-refractivity contribution < 1.29 is 4.74 Å². The summed E-state index contributed by atoms with van der Waals surface area (Å²) in [5.41, 5.74) is 4.18. The molecule has 28 heavy (non-hydrogen) atoms. The van der Waals surface area contributed by atoms with Gasteiger partial charge in [0.25, 0.3) is 0 Å². The summed E-state index contributed by atoms with van der Waals surface area (Å²) >= 11 is 0. The van der Waals surface area contributed by atoms with Crippen LogP contribution in [-0.2, 0) is 0 Å². The Morgan fingerprint density at radius 3 is 2.43 bits per heavy atom. The van der Waals surface area contributed by atoms with Gasteiger partial charge in [-0.05, 0) is 30.5 Å². The number of para-hydroxylation sites is 2. The van der Waals surface area contributed by atoms with Gasteiger partial charge in [-0.2, -0.15) is 0 Å². The molecule has 0 radical (unpaired) electrons. The van der Waals surface area contributed by atoms with E-state index in [1.54, 1.807) is 13.4 Å². The molecule has 140 valence electrons. The van der Waals surface area contributed by atoms with Crippen molar-refractivity contribution in [3.05, 3.63) is 67.1 Å². The van der Waals surface area contributed by atoms with Crippen LogP contribution in [0.2, 0.25) is 0 Å². The van der Waals surface area contributed by atoms with Gasteiger partial charge < -0.3 is 9.64 Å². The predicted octanol–water partition coefficient (Wildman–Crippen LogP) is 4.70. The van der Waals surface area contributed by atoms with E-state index in [1.165, 1.54) is 12.8 Å². The van der Waals surface area contributed by atoms with E-state index in [2.05, 4.69) is 51.0 Å². The number of hydrogen-bond donors (Lipinski definition) is 0. The molecule has 1 aliphatic rings. The molecule has 2 aromatic heterocycles. The molecular weight excluding hydrogens is 348 g/mol. The summed E-state index contributed by atoms with van der Waals surface area (Å²) in [5, 5.41) is 1.10. The lowest BCUT2D eigenvalue weighted by Gasteiger charge is -2.18. The van der Waals surface area contributed by atoms with E-state index in [9.17, 15) is 0 Å². The van der Waals surface area contributed by atoms with Gasteiger partial charge in [-0.1, -0.05) is 42.5 Å². The first kappa shape index (κ1) is 16.8. The Hall–Kier alpha value is -3.34. The predicted molar refractivity (Wildman–Crippen MR) is 112 cm³/mol. The third-order valence-electron chi connectivity index (χ3n) is 5.40. The van der Waals surface area contributed by atoms with E-state index >= 15 is 0 Å². The van der Waals surface area contributed by atoms with Crippen LogP contribution in [0.25, 0.3) is 27.8 Å². The van der Waals surface area contributed by atoms with Crippen molar-refractivity contribution in [2.24, 2.45) is 0 Å².